The molecule has 1 aliphatic heterocycles. The number of alkyl halides is 2. The molecule has 0 bridgehead atoms. The molecule has 2 aromatic heterocycles. The van der Waals surface area contributed by atoms with Crippen LogP contribution >= 0.6 is 0 Å². The Hall–Kier alpha value is -2.85. The molecule has 3 heterocycles. The third-order valence-electron chi connectivity index (χ3n) is 5.12. The van der Waals surface area contributed by atoms with Crippen LogP contribution in [0.15, 0.2) is 59.9 Å². The van der Waals surface area contributed by atoms with Gasteiger partial charge < -0.3 is 9.72 Å². The first-order valence-corrected chi connectivity index (χ1v) is 11.9. The van der Waals surface area contributed by atoms with Gasteiger partial charge in [-0.25, -0.2) is 22.2 Å². The molecule has 4 rings (SSSR count). The van der Waals surface area contributed by atoms with Crippen LogP contribution in [0, 0.1) is 0 Å². The van der Waals surface area contributed by atoms with Gasteiger partial charge in [0.05, 0.1) is 10.5 Å². The lowest BCUT2D eigenvalue weighted by molar-refractivity contribution is -0.0412. The van der Waals surface area contributed by atoms with Gasteiger partial charge in [0.2, 0.25) is 10.0 Å². The number of sulfonamides is 1. The van der Waals surface area contributed by atoms with Gasteiger partial charge in [0, 0.05) is 51.1 Å². The summed E-state index contributed by atoms with van der Waals surface area (Å²) in [7, 11) is -3.81. The number of benzene rings is 1. The van der Waals surface area contributed by atoms with Crippen LogP contribution in [0.1, 0.15) is 42.6 Å². The predicted molar refractivity (Wildman–Crippen MR) is 117 cm³/mol. The maximum absolute atomic E-state index is 13.3. The van der Waals surface area contributed by atoms with Crippen LogP contribution in [-0.2, 0) is 16.6 Å². The lowest BCUT2D eigenvalue weighted by atomic mass is 10.1. The number of aromatic nitrogens is 2. The van der Waals surface area contributed by atoms with Crippen molar-refractivity contribution in [3.05, 3.63) is 66.1 Å². The largest absolute Gasteiger partial charge is 0.348 e. The summed E-state index contributed by atoms with van der Waals surface area (Å²) in [6.45, 7) is 3.82. The minimum absolute atomic E-state index is 0.0494. The van der Waals surface area contributed by atoms with E-state index in [1.54, 1.807) is 47.3 Å². The van der Waals surface area contributed by atoms with Crippen molar-refractivity contribution in [3.8, 4) is 0 Å². The van der Waals surface area contributed by atoms with Crippen molar-refractivity contribution in [1.82, 2.24) is 19.0 Å². The second-order valence-electron chi connectivity index (χ2n) is 7.20. The van der Waals surface area contributed by atoms with Gasteiger partial charge in [-0.3, -0.25) is 4.79 Å². The molecule has 0 saturated carbocycles. The number of carbonyl (C=O) groups is 1. The fourth-order valence-corrected chi connectivity index (χ4v) is 4.76. The van der Waals surface area contributed by atoms with Crippen molar-refractivity contribution in [2.24, 2.45) is 0 Å². The summed E-state index contributed by atoms with van der Waals surface area (Å²) in [5, 5.41) is 2.79. The molecule has 1 saturated heterocycles. The van der Waals surface area contributed by atoms with Crippen LogP contribution in [0.5, 0.6) is 0 Å². The minimum Gasteiger partial charge on any atom is -0.348 e. The summed E-state index contributed by atoms with van der Waals surface area (Å²) in [6, 6.07) is 9.48. The number of carbonyl (C=O) groups excluding carboxylic acids is 1. The number of pyridine rings is 1. The average Bonchev–Trinajstić information content (AvgIpc) is 3.27. The fourth-order valence-electron chi connectivity index (χ4n) is 3.32. The zero-order chi connectivity index (χ0) is 23.4. The third-order valence-corrected chi connectivity index (χ3v) is 7.03. The van der Waals surface area contributed by atoms with E-state index in [0.29, 0.717) is 5.56 Å². The van der Waals surface area contributed by atoms with Gasteiger partial charge in [-0.15, -0.1) is 0 Å². The topological polar surface area (TPSA) is 83.8 Å². The number of nitrogens with one attached hydrogen (secondary N) is 1. The van der Waals surface area contributed by atoms with Gasteiger partial charge in [-0.05, 0) is 29.8 Å². The number of nitrogens with zero attached hydrogens (tertiary/aromatic N) is 3. The maximum Gasteiger partial charge on any atom is 0.253 e. The molecule has 172 valence electrons. The summed E-state index contributed by atoms with van der Waals surface area (Å²) in [4.78, 5) is 16.5. The molecule has 1 aliphatic rings. The van der Waals surface area contributed by atoms with Crippen molar-refractivity contribution in [2.75, 3.05) is 13.1 Å². The van der Waals surface area contributed by atoms with E-state index < -0.39 is 28.8 Å². The Labute approximate surface area is 186 Å². The van der Waals surface area contributed by atoms with E-state index in [1.165, 1.54) is 12.1 Å². The van der Waals surface area contributed by atoms with Crippen LogP contribution in [0.3, 0.4) is 0 Å². The Kier molecular flexibility index (Phi) is 7.25. The first-order valence-electron chi connectivity index (χ1n) is 10.4. The van der Waals surface area contributed by atoms with Crippen LogP contribution in [0.4, 0.5) is 8.78 Å². The van der Waals surface area contributed by atoms with E-state index in [0.717, 1.165) is 15.5 Å². The monoisotopic (exact) mass is 464 g/mol. The van der Waals surface area contributed by atoms with Crippen LogP contribution in [0.25, 0.3) is 5.65 Å². The van der Waals surface area contributed by atoms with Crippen LogP contribution in [0.2, 0.25) is 0 Å². The number of piperidine rings is 1. The van der Waals surface area contributed by atoms with Crippen LogP contribution in [-0.4, -0.2) is 47.0 Å². The van der Waals surface area contributed by atoms with Crippen LogP contribution < -0.4 is 5.32 Å². The van der Waals surface area contributed by atoms with E-state index in [1.807, 2.05) is 13.8 Å². The van der Waals surface area contributed by atoms with Gasteiger partial charge in [-0.2, -0.15) is 4.31 Å². The molecule has 0 radical (unpaired) electrons. The van der Waals surface area contributed by atoms with Gasteiger partial charge in [0.15, 0.2) is 0 Å². The molecule has 1 fully saturated rings. The molecule has 0 spiro atoms. The summed E-state index contributed by atoms with van der Waals surface area (Å²) in [5.74, 6) is -3.08. The number of hydrogen-bond acceptors (Lipinski definition) is 4. The quantitative estimate of drug-likeness (QED) is 0.624. The van der Waals surface area contributed by atoms with E-state index >= 15 is 0 Å². The first-order chi connectivity index (χ1) is 15.2. The summed E-state index contributed by atoms with van der Waals surface area (Å²) in [5.41, 5.74) is 1.93. The Morgan fingerprint density at radius 2 is 1.75 bits per heavy atom. The van der Waals surface area contributed by atoms with Crippen molar-refractivity contribution < 1.29 is 22.0 Å². The van der Waals surface area contributed by atoms with Crippen molar-refractivity contribution in [3.63, 3.8) is 0 Å². The van der Waals surface area contributed by atoms with Gasteiger partial charge >= 0.3 is 0 Å². The SMILES string of the molecule is CC.O=C(NCc1ccc(S(=O)(=O)N2CCC(F)(F)CC2)cc1)c1ccc2nccn2c1. The van der Waals surface area contributed by atoms with E-state index in [2.05, 4.69) is 10.3 Å². The first kappa shape index (κ1) is 23.8. The highest BCUT2D eigenvalue weighted by atomic mass is 32.2. The number of fused-ring (bicyclic) bond motifs is 1. The average molecular weight is 465 g/mol. The molecule has 0 atom stereocenters. The van der Waals surface area contributed by atoms with E-state index in [9.17, 15) is 22.0 Å². The number of amides is 1. The molecule has 7 nitrogen and oxygen atoms in total. The Balaban J connectivity index is 0.00000141. The second-order valence-corrected chi connectivity index (χ2v) is 9.14. The second kappa shape index (κ2) is 9.74. The standard InChI is InChI=1S/C20H20F2N4O3S.C2H6/c21-20(22)7-10-26(11-8-20)30(28,29)17-4-1-15(2-5-17)13-24-19(27)16-3-6-18-23-9-12-25(18)14-16;1-2/h1-6,9,12,14H,7-8,10-11,13H2,(H,24,27);1-2H3. The number of hydrogen-bond donors (Lipinski definition) is 1. The highest BCUT2D eigenvalue weighted by Crippen LogP contribution is 2.30. The molecule has 0 unspecified atom stereocenters. The molecule has 3 aromatic rings. The van der Waals surface area contributed by atoms with E-state index in [-0.39, 0.29) is 30.4 Å². The molecular formula is C22H26F2N4O3S. The van der Waals surface area contributed by atoms with Crippen molar-refractivity contribution in [2.45, 2.75) is 44.1 Å². The number of halogens is 2. The normalized spacial score (nSPS) is 16.2. The molecule has 1 N–H and O–H groups in total. The number of rotatable bonds is 5. The summed E-state index contributed by atoms with van der Waals surface area (Å²) in [6.07, 6.45) is 4.12. The minimum atomic E-state index is -3.81. The smallest absolute Gasteiger partial charge is 0.253 e. The maximum atomic E-state index is 13.3. The highest BCUT2D eigenvalue weighted by molar-refractivity contribution is 7.89. The lowest BCUT2D eigenvalue weighted by Gasteiger charge is -2.30. The molecular weight excluding hydrogens is 438 g/mol. The van der Waals surface area contributed by atoms with Gasteiger partial charge in [0.1, 0.15) is 5.65 Å². The van der Waals surface area contributed by atoms with Crippen molar-refractivity contribution >= 4 is 21.6 Å². The van der Waals surface area contributed by atoms with Gasteiger partial charge in [0.25, 0.3) is 11.8 Å². The zero-order valence-electron chi connectivity index (χ0n) is 18.0. The highest BCUT2D eigenvalue weighted by Gasteiger charge is 2.38. The molecule has 0 aliphatic carbocycles. The molecule has 1 amide bonds. The zero-order valence-corrected chi connectivity index (χ0v) is 18.8. The van der Waals surface area contributed by atoms with Gasteiger partial charge in [-0.1, -0.05) is 26.0 Å². The Morgan fingerprint density at radius 3 is 2.41 bits per heavy atom. The fraction of sp³-hybridized carbons (Fsp3) is 0.364. The molecule has 32 heavy (non-hydrogen) atoms. The summed E-state index contributed by atoms with van der Waals surface area (Å²) < 4.78 is 54.7. The third kappa shape index (κ3) is 5.31. The van der Waals surface area contributed by atoms with Crippen molar-refractivity contribution in [1.29, 1.82) is 0 Å². The number of imidazole rings is 1. The molecule has 10 heteroatoms. The Bertz CT molecular complexity index is 1170. The molecule has 1 aromatic carbocycles. The summed E-state index contributed by atoms with van der Waals surface area (Å²) >= 11 is 0. The lowest BCUT2D eigenvalue weighted by Crippen LogP contribution is -2.42. The predicted octanol–water partition coefficient (Wildman–Crippen LogP) is 3.71. The Morgan fingerprint density at radius 1 is 1.09 bits per heavy atom. The van der Waals surface area contributed by atoms with E-state index in [4.69, 9.17) is 0 Å².